The monoisotopic (exact) mass is 266 g/mol. The predicted octanol–water partition coefficient (Wildman–Crippen LogP) is 4.38. The molecule has 1 aromatic heterocycles. The van der Waals surface area contributed by atoms with Gasteiger partial charge in [-0.2, -0.15) is 0 Å². The fourth-order valence-corrected chi connectivity index (χ4v) is 4.11. The third kappa shape index (κ3) is 2.94. The van der Waals surface area contributed by atoms with Gasteiger partial charge in [-0.3, -0.25) is 0 Å². The lowest BCUT2D eigenvalue weighted by Gasteiger charge is -2.29. The van der Waals surface area contributed by atoms with Crippen molar-refractivity contribution in [3.63, 3.8) is 0 Å². The van der Waals surface area contributed by atoms with Crippen LogP contribution in [0.3, 0.4) is 0 Å². The quantitative estimate of drug-likeness (QED) is 0.855. The molecule has 18 heavy (non-hydrogen) atoms. The zero-order valence-corrected chi connectivity index (χ0v) is 13.0. The molecule has 1 aliphatic carbocycles. The van der Waals surface area contributed by atoms with E-state index in [0.717, 1.165) is 6.54 Å². The fraction of sp³-hybridized carbons (Fsp3) is 0.800. The molecule has 1 aromatic rings. The van der Waals surface area contributed by atoms with Crippen LogP contribution in [0.5, 0.6) is 0 Å². The second-order valence-corrected chi connectivity index (χ2v) is 7.24. The molecule has 1 N–H and O–H groups in total. The van der Waals surface area contributed by atoms with Crippen LogP contribution < -0.4 is 5.32 Å². The van der Waals surface area contributed by atoms with Gasteiger partial charge in [-0.1, -0.05) is 19.8 Å². The van der Waals surface area contributed by atoms with Crippen LogP contribution in [0.1, 0.15) is 67.6 Å². The fourth-order valence-electron chi connectivity index (χ4n) is 3.19. The van der Waals surface area contributed by atoms with Crippen molar-refractivity contribution in [3.05, 3.63) is 15.6 Å². The second kappa shape index (κ2) is 5.70. The summed E-state index contributed by atoms with van der Waals surface area (Å²) < 4.78 is 0. The van der Waals surface area contributed by atoms with Gasteiger partial charge in [0.1, 0.15) is 0 Å². The van der Waals surface area contributed by atoms with Crippen molar-refractivity contribution in [3.8, 4) is 0 Å². The molecule has 2 rings (SSSR count). The van der Waals surface area contributed by atoms with Gasteiger partial charge in [-0.05, 0) is 45.4 Å². The minimum atomic E-state index is 0.388. The van der Waals surface area contributed by atoms with Crippen molar-refractivity contribution < 1.29 is 0 Å². The van der Waals surface area contributed by atoms with E-state index in [1.807, 2.05) is 11.3 Å². The summed E-state index contributed by atoms with van der Waals surface area (Å²) in [5.74, 6) is 0. The number of hydrogen-bond donors (Lipinski definition) is 1. The molecule has 0 radical (unpaired) electrons. The molecule has 1 saturated carbocycles. The van der Waals surface area contributed by atoms with Crippen molar-refractivity contribution in [1.82, 2.24) is 10.3 Å². The van der Waals surface area contributed by atoms with Gasteiger partial charge < -0.3 is 5.32 Å². The number of nitrogens with zero attached hydrogens (tertiary/aromatic N) is 1. The number of thiazole rings is 1. The highest BCUT2D eigenvalue weighted by molar-refractivity contribution is 7.11. The lowest BCUT2D eigenvalue weighted by Crippen LogP contribution is -2.33. The van der Waals surface area contributed by atoms with Gasteiger partial charge >= 0.3 is 0 Å². The van der Waals surface area contributed by atoms with Crippen LogP contribution in [0.25, 0.3) is 0 Å². The minimum Gasteiger partial charge on any atom is -0.308 e. The average Bonchev–Trinajstić information content (AvgIpc) is 2.94. The summed E-state index contributed by atoms with van der Waals surface area (Å²) in [4.78, 5) is 6.03. The van der Waals surface area contributed by atoms with Crippen LogP contribution in [-0.2, 0) is 0 Å². The van der Waals surface area contributed by atoms with Crippen LogP contribution in [0, 0.1) is 19.3 Å². The minimum absolute atomic E-state index is 0.388. The lowest BCUT2D eigenvalue weighted by molar-refractivity contribution is 0.258. The van der Waals surface area contributed by atoms with Crippen molar-refractivity contribution >= 4 is 11.3 Å². The molecule has 0 spiro atoms. The van der Waals surface area contributed by atoms with Gasteiger partial charge in [-0.25, -0.2) is 4.98 Å². The molecule has 0 aromatic carbocycles. The van der Waals surface area contributed by atoms with Crippen molar-refractivity contribution in [2.24, 2.45) is 5.41 Å². The zero-order valence-electron chi connectivity index (χ0n) is 12.2. The molecule has 0 amide bonds. The Morgan fingerprint density at radius 2 is 2.00 bits per heavy atom. The van der Waals surface area contributed by atoms with Crippen LogP contribution in [-0.4, -0.2) is 11.5 Å². The number of nitrogens with one attached hydrogen (secondary N) is 1. The van der Waals surface area contributed by atoms with E-state index in [4.69, 9.17) is 0 Å². The predicted molar refractivity (Wildman–Crippen MR) is 79.2 cm³/mol. The summed E-state index contributed by atoms with van der Waals surface area (Å²) in [7, 11) is 0. The van der Waals surface area contributed by atoms with E-state index in [1.54, 1.807) is 0 Å². The Hall–Kier alpha value is -0.410. The van der Waals surface area contributed by atoms with Crippen molar-refractivity contribution in [2.45, 2.75) is 65.8 Å². The van der Waals surface area contributed by atoms with Gasteiger partial charge in [0, 0.05) is 17.5 Å². The molecule has 1 aliphatic rings. The average molecular weight is 266 g/mol. The number of rotatable bonds is 5. The maximum atomic E-state index is 4.66. The molecule has 1 unspecified atom stereocenters. The van der Waals surface area contributed by atoms with E-state index in [9.17, 15) is 0 Å². The Morgan fingerprint density at radius 3 is 2.50 bits per heavy atom. The van der Waals surface area contributed by atoms with Gasteiger partial charge in [0.2, 0.25) is 0 Å². The SMILES string of the molecule is CCC1(CNC(C)c2nc(C)sc2C)CCCC1. The Bertz CT molecular complexity index is 391. The molecule has 3 heteroatoms. The molecule has 1 heterocycles. The first-order chi connectivity index (χ1) is 8.56. The Kier molecular flexibility index (Phi) is 4.44. The maximum absolute atomic E-state index is 4.66. The van der Waals surface area contributed by atoms with Crippen molar-refractivity contribution in [2.75, 3.05) is 6.54 Å². The highest BCUT2D eigenvalue weighted by Crippen LogP contribution is 2.40. The highest BCUT2D eigenvalue weighted by atomic mass is 32.1. The first kappa shape index (κ1) is 14.0. The van der Waals surface area contributed by atoms with E-state index in [1.165, 1.54) is 47.7 Å². The van der Waals surface area contributed by atoms with Crippen LogP contribution in [0.4, 0.5) is 0 Å². The third-order valence-corrected chi connectivity index (χ3v) is 5.45. The highest BCUT2D eigenvalue weighted by Gasteiger charge is 2.32. The number of aromatic nitrogens is 1. The van der Waals surface area contributed by atoms with Crippen LogP contribution >= 0.6 is 11.3 Å². The maximum Gasteiger partial charge on any atom is 0.0900 e. The summed E-state index contributed by atoms with van der Waals surface area (Å²) >= 11 is 1.81. The summed E-state index contributed by atoms with van der Waals surface area (Å²) in [6.45, 7) is 10.0. The Balaban J connectivity index is 1.95. The molecule has 0 saturated heterocycles. The largest absolute Gasteiger partial charge is 0.308 e. The lowest BCUT2D eigenvalue weighted by atomic mass is 9.83. The first-order valence-electron chi connectivity index (χ1n) is 7.24. The molecular formula is C15H26N2S. The van der Waals surface area contributed by atoms with Gasteiger partial charge in [0.25, 0.3) is 0 Å². The van der Waals surface area contributed by atoms with E-state index in [2.05, 4.69) is 38.0 Å². The third-order valence-electron chi connectivity index (χ3n) is 4.55. The Labute approximate surface area is 115 Å². The molecular weight excluding hydrogens is 240 g/mol. The summed E-state index contributed by atoms with van der Waals surface area (Å²) in [5, 5.41) is 4.91. The smallest absolute Gasteiger partial charge is 0.0900 e. The van der Waals surface area contributed by atoms with Crippen molar-refractivity contribution in [1.29, 1.82) is 0 Å². The first-order valence-corrected chi connectivity index (χ1v) is 8.05. The number of hydrogen-bond acceptors (Lipinski definition) is 3. The second-order valence-electron chi connectivity index (χ2n) is 5.84. The van der Waals surface area contributed by atoms with Gasteiger partial charge in [0.15, 0.2) is 0 Å². The molecule has 2 nitrogen and oxygen atoms in total. The Morgan fingerprint density at radius 1 is 1.33 bits per heavy atom. The number of aryl methyl sites for hydroxylation is 2. The van der Waals surface area contributed by atoms with Crippen LogP contribution in [0.15, 0.2) is 0 Å². The van der Waals surface area contributed by atoms with E-state index < -0.39 is 0 Å². The summed E-state index contributed by atoms with van der Waals surface area (Å²) in [6.07, 6.45) is 6.94. The topological polar surface area (TPSA) is 24.9 Å². The zero-order chi connectivity index (χ0) is 13.2. The van der Waals surface area contributed by atoms with Crippen LogP contribution in [0.2, 0.25) is 0 Å². The molecule has 0 bridgehead atoms. The summed E-state index contributed by atoms with van der Waals surface area (Å²) in [5.41, 5.74) is 1.81. The molecule has 0 aliphatic heterocycles. The van der Waals surface area contributed by atoms with Gasteiger partial charge in [-0.15, -0.1) is 11.3 Å². The normalized spacial score (nSPS) is 20.2. The van der Waals surface area contributed by atoms with Gasteiger partial charge in [0.05, 0.1) is 10.7 Å². The van der Waals surface area contributed by atoms with E-state index >= 15 is 0 Å². The molecule has 102 valence electrons. The van der Waals surface area contributed by atoms with E-state index in [-0.39, 0.29) is 0 Å². The standard InChI is InChI=1S/C15H26N2S/c1-5-15(8-6-7-9-15)10-16-11(2)14-12(3)18-13(4)17-14/h11,16H,5-10H2,1-4H3. The molecule has 1 fully saturated rings. The molecule has 1 atom stereocenters. The summed E-state index contributed by atoms with van der Waals surface area (Å²) in [6, 6.07) is 0.388. The van der Waals surface area contributed by atoms with E-state index in [0.29, 0.717) is 11.5 Å².